The fourth-order valence-corrected chi connectivity index (χ4v) is 2.78. The van der Waals surface area contributed by atoms with E-state index in [0.717, 1.165) is 13.0 Å². The molecule has 108 valence electrons. The van der Waals surface area contributed by atoms with E-state index in [1.807, 2.05) is 17.0 Å². The van der Waals surface area contributed by atoms with Gasteiger partial charge in [0.1, 0.15) is 5.69 Å². The second-order valence-corrected chi connectivity index (χ2v) is 5.18. The Kier molecular flexibility index (Phi) is 3.58. The number of nitrogens with zero attached hydrogens (tertiary/aromatic N) is 2. The Labute approximate surface area is 122 Å². The topological polar surface area (TPSA) is 66.6 Å². The minimum Gasteiger partial charge on any atom is -0.392 e. The SMILES string of the molecule is O=[N+]([O-])c1cc(CO)ccc1N1CCc2ccccc2C1. The normalized spacial score (nSPS) is 13.9. The second kappa shape index (κ2) is 5.54. The van der Waals surface area contributed by atoms with Crippen LogP contribution in [0.4, 0.5) is 11.4 Å². The van der Waals surface area contributed by atoms with Gasteiger partial charge in [-0.05, 0) is 29.2 Å². The van der Waals surface area contributed by atoms with E-state index in [-0.39, 0.29) is 17.2 Å². The van der Waals surface area contributed by atoms with E-state index >= 15 is 0 Å². The quantitative estimate of drug-likeness (QED) is 0.695. The Morgan fingerprint density at radius 2 is 1.95 bits per heavy atom. The molecule has 0 saturated heterocycles. The van der Waals surface area contributed by atoms with Crippen LogP contribution in [0.15, 0.2) is 42.5 Å². The molecule has 5 heteroatoms. The summed E-state index contributed by atoms with van der Waals surface area (Å²) in [6.45, 7) is 1.25. The third-order valence-electron chi connectivity index (χ3n) is 3.89. The highest BCUT2D eigenvalue weighted by molar-refractivity contribution is 5.65. The van der Waals surface area contributed by atoms with E-state index < -0.39 is 0 Å². The van der Waals surface area contributed by atoms with Crippen LogP contribution in [0.25, 0.3) is 0 Å². The van der Waals surface area contributed by atoms with Crippen molar-refractivity contribution in [1.29, 1.82) is 0 Å². The molecule has 2 aromatic carbocycles. The molecule has 1 heterocycles. The van der Waals surface area contributed by atoms with Crippen molar-refractivity contribution in [1.82, 2.24) is 0 Å². The first kappa shape index (κ1) is 13.6. The molecular formula is C16H16N2O3. The van der Waals surface area contributed by atoms with E-state index in [4.69, 9.17) is 5.11 Å². The predicted molar refractivity (Wildman–Crippen MR) is 80.2 cm³/mol. The number of nitro benzene ring substituents is 1. The van der Waals surface area contributed by atoms with E-state index in [1.165, 1.54) is 17.2 Å². The van der Waals surface area contributed by atoms with Gasteiger partial charge in [0.2, 0.25) is 0 Å². The van der Waals surface area contributed by atoms with Crippen molar-refractivity contribution in [2.45, 2.75) is 19.6 Å². The van der Waals surface area contributed by atoms with Crippen LogP contribution >= 0.6 is 0 Å². The Hall–Kier alpha value is -2.40. The van der Waals surface area contributed by atoms with Gasteiger partial charge in [-0.25, -0.2) is 0 Å². The van der Waals surface area contributed by atoms with Gasteiger partial charge in [-0.15, -0.1) is 0 Å². The first-order valence-corrected chi connectivity index (χ1v) is 6.89. The zero-order chi connectivity index (χ0) is 14.8. The highest BCUT2D eigenvalue weighted by Gasteiger charge is 2.23. The molecule has 0 unspecified atom stereocenters. The molecule has 21 heavy (non-hydrogen) atoms. The zero-order valence-corrected chi connectivity index (χ0v) is 11.5. The molecule has 1 aliphatic rings. The van der Waals surface area contributed by atoms with Crippen LogP contribution in [0.3, 0.4) is 0 Å². The molecular weight excluding hydrogens is 268 g/mol. The van der Waals surface area contributed by atoms with Crippen LogP contribution in [-0.4, -0.2) is 16.6 Å². The maximum atomic E-state index is 11.3. The summed E-state index contributed by atoms with van der Waals surface area (Å²) >= 11 is 0. The Bertz CT molecular complexity index is 685. The van der Waals surface area contributed by atoms with Crippen LogP contribution in [0.1, 0.15) is 16.7 Å². The minimum atomic E-state index is -0.380. The molecule has 0 aromatic heterocycles. The van der Waals surface area contributed by atoms with E-state index in [2.05, 4.69) is 12.1 Å². The molecule has 0 atom stereocenters. The number of nitro groups is 1. The maximum Gasteiger partial charge on any atom is 0.292 e. The molecule has 1 N–H and O–H groups in total. The Morgan fingerprint density at radius 3 is 2.67 bits per heavy atom. The fourth-order valence-electron chi connectivity index (χ4n) is 2.78. The van der Waals surface area contributed by atoms with Crippen LogP contribution in [0, 0.1) is 10.1 Å². The molecule has 1 aliphatic heterocycles. The molecule has 5 nitrogen and oxygen atoms in total. The fraction of sp³-hybridized carbons (Fsp3) is 0.250. The van der Waals surface area contributed by atoms with Crippen molar-refractivity contribution >= 4 is 11.4 Å². The van der Waals surface area contributed by atoms with Gasteiger partial charge < -0.3 is 10.0 Å². The molecule has 0 amide bonds. The number of benzene rings is 2. The molecule has 0 saturated carbocycles. The summed E-state index contributed by atoms with van der Waals surface area (Å²) in [6, 6.07) is 13.1. The smallest absolute Gasteiger partial charge is 0.292 e. The van der Waals surface area contributed by atoms with Crippen LogP contribution < -0.4 is 4.90 Å². The number of aliphatic hydroxyl groups is 1. The van der Waals surface area contributed by atoms with Crippen molar-refractivity contribution in [3.63, 3.8) is 0 Å². The lowest BCUT2D eigenvalue weighted by molar-refractivity contribution is -0.384. The van der Waals surface area contributed by atoms with Gasteiger partial charge >= 0.3 is 0 Å². The van der Waals surface area contributed by atoms with Crippen molar-refractivity contribution in [3.05, 3.63) is 69.3 Å². The van der Waals surface area contributed by atoms with E-state index in [0.29, 0.717) is 17.8 Å². The van der Waals surface area contributed by atoms with Gasteiger partial charge in [0, 0.05) is 19.2 Å². The number of aliphatic hydroxyl groups excluding tert-OH is 1. The summed E-state index contributed by atoms with van der Waals surface area (Å²) in [6.07, 6.45) is 0.884. The van der Waals surface area contributed by atoms with Gasteiger partial charge in [0.15, 0.2) is 0 Å². The lowest BCUT2D eigenvalue weighted by Gasteiger charge is -2.30. The third kappa shape index (κ3) is 2.60. The lowest BCUT2D eigenvalue weighted by atomic mass is 9.99. The van der Waals surface area contributed by atoms with Gasteiger partial charge in [0.05, 0.1) is 11.5 Å². The number of hydrogen-bond donors (Lipinski definition) is 1. The molecule has 0 radical (unpaired) electrons. The standard InChI is InChI=1S/C16H16N2O3/c19-11-12-5-6-15(16(9-12)18(20)21)17-8-7-13-3-1-2-4-14(13)10-17/h1-6,9,19H,7-8,10-11H2. The molecule has 0 bridgehead atoms. The van der Waals surface area contributed by atoms with E-state index in [1.54, 1.807) is 12.1 Å². The lowest BCUT2D eigenvalue weighted by Crippen LogP contribution is -2.30. The summed E-state index contributed by atoms with van der Waals surface area (Å²) in [5.74, 6) is 0. The third-order valence-corrected chi connectivity index (χ3v) is 3.89. The number of fused-ring (bicyclic) bond motifs is 1. The number of rotatable bonds is 3. The van der Waals surface area contributed by atoms with Crippen LogP contribution in [0.2, 0.25) is 0 Å². The molecule has 0 spiro atoms. The largest absolute Gasteiger partial charge is 0.392 e. The highest BCUT2D eigenvalue weighted by Crippen LogP contribution is 2.32. The predicted octanol–water partition coefficient (Wildman–Crippen LogP) is 2.65. The average molecular weight is 284 g/mol. The summed E-state index contributed by atoms with van der Waals surface area (Å²) in [7, 11) is 0. The monoisotopic (exact) mass is 284 g/mol. The maximum absolute atomic E-state index is 11.3. The van der Waals surface area contributed by atoms with Crippen molar-refractivity contribution in [3.8, 4) is 0 Å². The molecule has 3 rings (SSSR count). The number of hydrogen-bond acceptors (Lipinski definition) is 4. The summed E-state index contributed by atoms with van der Waals surface area (Å²) in [5.41, 5.74) is 3.75. The van der Waals surface area contributed by atoms with Crippen LogP contribution in [-0.2, 0) is 19.6 Å². The zero-order valence-electron chi connectivity index (χ0n) is 11.5. The van der Waals surface area contributed by atoms with Gasteiger partial charge in [-0.2, -0.15) is 0 Å². The Morgan fingerprint density at radius 1 is 1.19 bits per heavy atom. The minimum absolute atomic E-state index is 0.0564. The summed E-state index contributed by atoms with van der Waals surface area (Å²) in [5, 5.41) is 20.4. The Balaban J connectivity index is 1.96. The first-order valence-electron chi connectivity index (χ1n) is 6.89. The van der Waals surface area contributed by atoms with Crippen LogP contribution in [0.5, 0.6) is 0 Å². The molecule has 2 aromatic rings. The highest BCUT2D eigenvalue weighted by atomic mass is 16.6. The van der Waals surface area contributed by atoms with E-state index in [9.17, 15) is 10.1 Å². The molecule has 0 fully saturated rings. The van der Waals surface area contributed by atoms with Crippen molar-refractivity contribution in [2.24, 2.45) is 0 Å². The average Bonchev–Trinajstić information content (AvgIpc) is 2.53. The molecule has 0 aliphatic carbocycles. The van der Waals surface area contributed by atoms with Crippen molar-refractivity contribution < 1.29 is 10.0 Å². The number of anilines is 1. The van der Waals surface area contributed by atoms with Gasteiger partial charge in [-0.3, -0.25) is 10.1 Å². The summed E-state index contributed by atoms with van der Waals surface area (Å²) in [4.78, 5) is 12.9. The van der Waals surface area contributed by atoms with Gasteiger partial charge in [-0.1, -0.05) is 30.3 Å². The van der Waals surface area contributed by atoms with Crippen molar-refractivity contribution in [2.75, 3.05) is 11.4 Å². The first-order chi connectivity index (χ1) is 10.2. The second-order valence-electron chi connectivity index (χ2n) is 5.18. The van der Waals surface area contributed by atoms with Gasteiger partial charge in [0.25, 0.3) is 5.69 Å². The summed E-state index contributed by atoms with van der Waals surface area (Å²) < 4.78 is 0.